The van der Waals surface area contributed by atoms with Crippen LogP contribution in [-0.2, 0) is 4.74 Å². The summed E-state index contributed by atoms with van der Waals surface area (Å²) in [4.78, 5) is 29.0. The number of carbonyl (C=O) groups excluding carboxylic acids is 1. The van der Waals surface area contributed by atoms with Gasteiger partial charge in [-0.15, -0.1) is 0 Å². The molecule has 1 N–H and O–H groups in total. The van der Waals surface area contributed by atoms with Crippen LogP contribution in [0.5, 0.6) is 0 Å². The second-order valence-electron chi connectivity index (χ2n) is 5.02. The summed E-state index contributed by atoms with van der Waals surface area (Å²) < 4.78 is 5.44. The van der Waals surface area contributed by atoms with Crippen LogP contribution in [0.15, 0.2) is 0 Å². The molecule has 0 radical (unpaired) electrons. The zero-order valence-electron chi connectivity index (χ0n) is 11.8. The maximum atomic E-state index is 11.5. The number of Topliss-reactive ketones (excluding diaryl/α,β-unsaturated/α-hetero) is 1. The maximum Gasteiger partial charge on any atom is 0.356 e. The predicted molar refractivity (Wildman–Crippen MR) is 75.9 cm³/mol. The average molecular weight is 298 g/mol. The van der Waals surface area contributed by atoms with Crippen molar-refractivity contribution in [2.24, 2.45) is 5.92 Å². The summed E-state index contributed by atoms with van der Waals surface area (Å²) in [5.74, 6) is -0.964. The molecule has 2 rings (SSSR count). The van der Waals surface area contributed by atoms with Gasteiger partial charge in [-0.05, 0) is 12.3 Å². The molecule has 0 saturated carbocycles. The number of ether oxygens (including phenoxy) is 1. The minimum atomic E-state index is -1.16. The van der Waals surface area contributed by atoms with Gasteiger partial charge in [0.2, 0.25) is 0 Å². The molecule has 2 atom stereocenters. The van der Waals surface area contributed by atoms with Crippen molar-refractivity contribution < 1.29 is 19.4 Å². The molecule has 1 fully saturated rings. The van der Waals surface area contributed by atoms with Crippen LogP contribution in [0.2, 0.25) is 0 Å². The molecule has 20 heavy (non-hydrogen) atoms. The summed E-state index contributed by atoms with van der Waals surface area (Å²) in [7, 11) is 1.68. The Morgan fingerprint density at radius 1 is 1.50 bits per heavy atom. The van der Waals surface area contributed by atoms with Crippen molar-refractivity contribution >= 4 is 28.2 Å². The summed E-state index contributed by atoms with van der Waals surface area (Å²) in [6.45, 7) is 4.96. The van der Waals surface area contributed by atoms with Gasteiger partial charge in [0.05, 0.1) is 6.10 Å². The minimum Gasteiger partial charge on any atom is -0.476 e. The number of thiazole rings is 1. The van der Waals surface area contributed by atoms with E-state index in [0.717, 1.165) is 24.3 Å². The van der Waals surface area contributed by atoms with E-state index in [2.05, 4.69) is 11.9 Å². The zero-order chi connectivity index (χ0) is 14.9. The highest BCUT2D eigenvalue weighted by atomic mass is 32.1. The third-order valence-electron chi connectivity index (χ3n) is 3.60. The molecule has 0 spiro atoms. The summed E-state index contributed by atoms with van der Waals surface area (Å²) in [5, 5.41) is 9.70. The van der Waals surface area contributed by atoms with Crippen LogP contribution in [0.3, 0.4) is 0 Å². The van der Waals surface area contributed by atoms with Crippen molar-refractivity contribution in [2.45, 2.75) is 26.4 Å². The van der Waals surface area contributed by atoms with Crippen LogP contribution in [0.25, 0.3) is 0 Å². The van der Waals surface area contributed by atoms with Crippen LogP contribution in [0.4, 0.5) is 5.13 Å². The topological polar surface area (TPSA) is 79.7 Å². The van der Waals surface area contributed by atoms with Gasteiger partial charge in [0.15, 0.2) is 16.6 Å². The number of piperidine rings is 1. The highest BCUT2D eigenvalue weighted by Gasteiger charge is 2.30. The van der Waals surface area contributed by atoms with Crippen molar-refractivity contribution in [1.29, 1.82) is 0 Å². The number of aromatic nitrogens is 1. The van der Waals surface area contributed by atoms with Crippen molar-refractivity contribution in [3.8, 4) is 0 Å². The van der Waals surface area contributed by atoms with E-state index < -0.39 is 5.97 Å². The van der Waals surface area contributed by atoms with Crippen molar-refractivity contribution in [3.05, 3.63) is 10.6 Å². The van der Waals surface area contributed by atoms with E-state index in [9.17, 15) is 9.59 Å². The van der Waals surface area contributed by atoms with Gasteiger partial charge in [0.1, 0.15) is 4.88 Å². The standard InChI is InChI=1S/C13H18N2O4S/c1-7-4-5-15(6-9(7)19-3)13-14-10(12(17)18)11(20-13)8(2)16/h7,9H,4-6H2,1-3H3,(H,17,18). The van der Waals surface area contributed by atoms with E-state index in [-0.39, 0.29) is 22.5 Å². The van der Waals surface area contributed by atoms with Crippen molar-refractivity contribution in [3.63, 3.8) is 0 Å². The molecule has 0 aromatic carbocycles. The Hall–Kier alpha value is -1.47. The van der Waals surface area contributed by atoms with Crippen molar-refractivity contribution in [1.82, 2.24) is 4.98 Å². The number of nitrogens with zero attached hydrogens (tertiary/aromatic N) is 2. The number of rotatable bonds is 4. The number of ketones is 1. The van der Waals surface area contributed by atoms with Crippen molar-refractivity contribution in [2.75, 3.05) is 25.1 Å². The molecule has 1 aromatic heterocycles. The first-order valence-corrected chi connectivity index (χ1v) is 7.28. The van der Waals surface area contributed by atoms with Crippen LogP contribution >= 0.6 is 11.3 Å². The van der Waals surface area contributed by atoms with E-state index in [1.165, 1.54) is 6.92 Å². The molecule has 6 nitrogen and oxygen atoms in total. The predicted octanol–water partition coefficient (Wildman–Crippen LogP) is 1.91. The van der Waals surface area contributed by atoms with E-state index in [1.54, 1.807) is 7.11 Å². The molecule has 2 unspecified atom stereocenters. The molecule has 1 aliphatic rings. The lowest BCUT2D eigenvalue weighted by Gasteiger charge is -2.35. The Morgan fingerprint density at radius 3 is 2.70 bits per heavy atom. The van der Waals surface area contributed by atoms with Gasteiger partial charge in [-0.1, -0.05) is 18.3 Å². The highest BCUT2D eigenvalue weighted by molar-refractivity contribution is 7.17. The first-order valence-electron chi connectivity index (χ1n) is 6.46. The molecule has 7 heteroatoms. The second-order valence-corrected chi connectivity index (χ2v) is 6.00. The first-order chi connectivity index (χ1) is 9.43. The largest absolute Gasteiger partial charge is 0.476 e. The molecule has 0 bridgehead atoms. The smallest absolute Gasteiger partial charge is 0.356 e. The van der Waals surface area contributed by atoms with Gasteiger partial charge < -0.3 is 14.7 Å². The molecule has 110 valence electrons. The van der Waals surface area contributed by atoms with Crippen LogP contribution in [-0.4, -0.2) is 48.1 Å². The number of anilines is 1. The normalized spacial score (nSPS) is 22.9. The monoisotopic (exact) mass is 298 g/mol. The fraction of sp³-hybridized carbons (Fsp3) is 0.615. The van der Waals surface area contributed by atoms with Crippen LogP contribution in [0.1, 0.15) is 40.4 Å². The number of hydrogen-bond donors (Lipinski definition) is 1. The quantitative estimate of drug-likeness (QED) is 0.855. The minimum absolute atomic E-state index is 0.0988. The number of methoxy groups -OCH3 is 1. The third-order valence-corrected chi connectivity index (χ3v) is 4.82. The van der Waals surface area contributed by atoms with E-state index in [0.29, 0.717) is 17.6 Å². The first kappa shape index (κ1) is 14.9. The van der Waals surface area contributed by atoms with Gasteiger partial charge in [-0.3, -0.25) is 4.79 Å². The van der Waals surface area contributed by atoms with Gasteiger partial charge in [-0.2, -0.15) is 0 Å². The Kier molecular flexibility index (Phi) is 4.39. The number of carboxylic acids is 1. The molecule has 0 aliphatic carbocycles. The molecule has 1 aromatic rings. The molecule has 1 aliphatic heterocycles. The second kappa shape index (κ2) is 5.88. The SMILES string of the molecule is COC1CN(c2nc(C(=O)O)c(C(C)=O)s2)CCC1C. The lowest BCUT2D eigenvalue weighted by atomic mass is 9.96. The fourth-order valence-corrected chi connectivity index (χ4v) is 3.33. The molecular formula is C13H18N2O4S. The number of carbonyl (C=O) groups is 2. The average Bonchev–Trinajstić information content (AvgIpc) is 2.84. The zero-order valence-corrected chi connectivity index (χ0v) is 12.6. The third kappa shape index (κ3) is 2.83. The molecular weight excluding hydrogens is 280 g/mol. The molecule has 1 saturated heterocycles. The van der Waals surface area contributed by atoms with E-state index in [4.69, 9.17) is 9.84 Å². The molecule has 0 amide bonds. The summed E-state index contributed by atoms with van der Waals surface area (Å²) in [5.41, 5.74) is -0.148. The number of carboxylic acid groups (broad SMARTS) is 1. The van der Waals surface area contributed by atoms with Gasteiger partial charge in [0, 0.05) is 27.1 Å². The Morgan fingerprint density at radius 2 is 2.20 bits per heavy atom. The lowest BCUT2D eigenvalue weighted by molar-refractivity contribution is 0.0498. The fourth-order valence-electron chi connectivity index (χ4n) is 2.34. The number of hydrogen-bond acceptors (Lipinski definition) is 6. The summed E-state index contributed by atoms with van der Waals surface area (Å²) >= 11 is 1.15. The Bertz CT molecular complexity index is 497. The van der Waals surface area contributed by atoms with Gasteiger partial charge in [-0.25, -0.2) is 9.78 Å². The van der Waals surface area contributed by atoms with Crippen LogP contribution in [0, 0.1) is 5.92 Å². The highest BCUT2D eigenvalue weighted by Crippen LogP contribution is 2.31. The lowest BCUT2D eigenvalue weighted by Crippen LogP contribution is -2.43. The Labute approximate surface area is 121 Å². The number of aromatic carboxylic acids is 1. The van der Waals surface area contributed by atoms with E-state index in [1.807, 2.05) is 4.90 Å². The maximum absolute atomic E-state index is 11.5. The Balaban J connectivity index is 2.27. The molecule has 2 heterocycles. The summed E-state index contributed by atoms with van der Waals surface area (Å²) in [6.07, 6.45) is 1.05. The summed E-state index contributed by atoms with van der Waals surface area (Å²) in [6, 6.07) is 0. The van der Waals surface area contributed by atoms with Gasteiger partial charge >= 0.3 is 5.97 Å². The van der Waals surface area contributed by atoms with E-state index >= 15 is 0 Å². The van der Waals surface area contributed by atoms with Gasteiger partial charge in [0.25, 0.3) is 0 Å². The van der Waals surface area contributed by atoms with Crippen LogP contribution < -0.4 is 4.90 Å².